The van der Waals surface area contributed by atoms with Gasteiger partial charge in [-0.05, 0) is 0 Å². The van der Waals surface area contributed by atoms with Crippen molar-refractivity contribution in [2.45, 2.75) is 0 Å². The zero-order valence-electron chi connectivity index (χ0n) is 3.09. The van der Waals surface area contributed by atoms with Crippen LogP contribution in [0.5, 0.6) is 0 Å². The van der Waals surface area contributed by atoms with Crippen LogP contribution in [0.15, 0.2) is 0 Å². The molecule has 0 heterocycles. The Morgan fingerprint density at radius 3 is 1.33 bits per heavy atom. The molecule has 6 heavy (non-hydrogen) atoms. The van der Waals surface area contributed by atoms with Gasteiger partial charge in [-0.1, -0.05) is 0 Å². The molecule has 0 spiro atoms. The van der Waals surface area contributed by atoms with Crippen molar-refractivity contribution in [3.8, 4) is 0 Å². The summed E-state index contributed by atoms with van der Waals surface area (Å²) in [5, 5.41) is 0. The van der Waals surface area contributed by atoms with Crippen LogP contribution < -0.4 is 68.4 Å². The monoisotopic (exact) mass is 200 g/mol. The normalized spacial score (nSPS) is 5.83. The van der Waals surface area contributed by atoms with E-state index in [-0.39, 0.29) is 68.4 Å². The Bertz CT molecular complexity index is 33.8. The molecule has 6 heteroatoms. The molecule has 0 rings (SSSR count). The topological polar surface area (TPSA) is 57.5 Å². The first-order chi connectivity index (χ1) is 1.73. The molecule has 0 atom stereocenters. The van der Waals surface area contributed by atoms with Crippen molar-refractivity contribution in [1.82, 2.24) is 0 Å². The summed E-state index contributed by atoms with van der Waals surface area (Å²) in [6.07, 6.45) is 0. The van der Waals surface area contributed by atoms with Crippen LogP contribution in [0.1, 0.15) is 0 Å². The van der Waals surface area contributed by atoms with Crippen molar-refractivity contribution in [2.24, 2.45) is 0 Å². The molecule has 0 fully saturated rings. The number of halogens is 1. The molecule has 0 aromatic heterocycles. The third-order valence-electron chi connectivity index (χ3n) is 0. The SMILES string of the molecule is O=S(O)O.[Br-].[K+]. The molecular formula is H2BrKO3S. The summed E-state index contributed by atoms with van der Waals surface area (Å²) >= 11 is -2.61. The fourth-order valence-electron chi connectivity index (χ4n) is 0. The predicted octanol–water partition coefficient (Wildman–Crippen LogP) is -6.31. The molecule has 0 aliphatic heterocycles. The Labute approximate surface area is 91.2 Å². The molecule has 0 aliphatic carbocycles. The van der Waals surface area contributed by atoms with Crippen molar-refractivity contribution >= 4 is 11.4 Å². The second-order valence-electron chi connectivity index (χ2n) is 0.231. The maximum Gasteiger partial charge on any atom is 1.00 e. The van der Waals surface area contributed by atoms with E-state index >= 15 is 0 Å². The van der Waals surface area contributed by atoms with Crippen molar-refractivity contribution in [2.75, 3.05) is 0 Å². The Morgan fingerprint density at radius 1 is 1.33 bits per heavy atom. The van der Waals surface area contributed by atoms with Gasteiger partial charge in [0.2, 0.25) is 0 Å². The third kappa shape index (κ3) is 34.8. The van der Waals surface area contributed by atoms with E-state index in [1.54, 1.807) is 0 Å². The van der Waals surface area contributed by atoms with Gasteiger partial charge in [-0.2, -0.15) is 4.21 Å². The molecule has 2 N–H and O–H groups in total. The van der Waals surface area contributed by atoms with Gasteiger partial charge in [0.1, 0.15) is 0 Å². The van der Waals surface area contributed by atoms with E-state index in [0.29, 0.717) is 0 Å². The zero-order chi connectivity index (χ0) is 3.58. The molecule has 0 aromatic carbocycles. The maximum atomic E-state index is 8.67. The van der Waals surface area contributed by atoms with Crippen LogP contribution in [-0.4, -0.2) is 13.3 Å². The van der Waals surface area contributed by atoms with E-state index in [4.69, 9.17) is 13.3 Å². The van der Waals surface area contributed by atoms with Gasteiger partial charge in [-0.15, -0.1) is 0 Å². The van der Waals surface area contributed by atoms with Crippen molar-refractivity contribution in [3.63, 3.8) is 0 Å². The van der Waals surface area contributed by atoms with Gasteiger partial charge in [0.05, 0.1) is 0 Å². The van der Waals surface area contributed by atoms with Crippen LogP contribution in [0.4, 0.5) is 0 Å². The molecule has 0 aromatic rings. The molecule has 0 aliphatic rings. The van der Waals surface area contributed by atoms with Crippen molar-refractivity contribution < 1.29 is 81.7 Å². The molecule has 0 amide bonds. The van der Waals surface area contributed by atoms with E-state index in [1.807, 2.05) is 0 Å². The van der Waals surface area contributed by atoms with Gasteiger partial charge in [0.25, 0.3) is 11.4 Å². The summed E-state index contributed by atoms with van der Waals surface area (Å²) in [7, 11) is 0. The Morgan fingerprint density at radius 2 is 1.33 bits per heavy atom. The summed E-state index contributed by atoms with van der Waals surface area (Å²) in [4.78, 5) is 0. The quantitative estimate of drug-likeness (QED) is 0.303. The predicted molar refractivity (Wildman–Crippen MR) is 13.4 cm³/mol. The first kappa shape index (κ1) is 15.7. The minimum atomic E-state index is -2.61. The second kappa shape index (κ2) is 10.2. The van der Waals surface area contributed by atoms with E-state index in [2.05, 4.69) is 0 Å². The summed E-state index contributed by atoms with van der Waals surface area (Å²) in [5.74, 6) is 0. The molecule has 0 radical (unpaired) electrons. The van der Waals surface area contributed by atoms with Crippen LogP contribution in [-0.2, 0) is 11.4 Å². The standard InChI is InChI=1S/BrH.K.H2O3S/c;;1-4(2)3/h1H;;(H2,1,2,3)/q;+1;/p-1. The third-order valence-corrected chi connectivity index (χ3v) is 0. The van der Waals surface area contributed by atoms with Gasteiger partial charge >= 0.3 is 51.4 Å². The smallest absolute Gasteiger partial charge is 1.00 e. The minimum Gasteiger partial charge on any atom is -1.00 e. The van der Waals surface area contributed by atoms with Gasteiger partial charge in [0, 0.05) is 0 Å². The summed E-state index contributed by atoms with van der Waals surface area (Å²) < 4.78 is 22.8. The summed E-state index contributed by atoms with van der Waals surface area (Å²) in [6, 6.07) is 0. The van der Waals surface area contributed by atoms with Crippen molar-refractivity contribution in [1.29, 1.82) is 0 Å². The van der Waals surface area contributed by atoms with Crippen LogP contribution in [0, 0.1) is 0 Å². The van der Waals surface area contributed by atoms with E-state index in [9.17, 15) is 0 Å². The van der Waals surface area contributed by atoms with Crippen LogP contribution in [0.3, 0.4) is 0 Å². The Kier molecular flexibility index (Phi) is 26.8. The average Bonchev–Trinajstić information content (AvgIpc) is 0.811. The van der Waals surface area contributed by atoms with Gasteiger partial charge in [0.15, 0.2) is 0 Å². The van der Waals surface area contributed by atoms with Gasteiger partial charge in [-0.3, -0.25) is 9.11 Å². The first-order valence-corrected chi connectivity index (χ1v) is 1.60. The number of rotatable bonds is 0. The minimum absolute atomic E-state index is 0. The number of hydrogen-bond acceptors (Lipinski definition) is 1. The van der Waals surface area contributed by atoms with Crippen LogP contribution in [0.2, 0.25) is 0 Å². The zero-order valence-corrected chi connectivity index (χ0v) is 8.61. The Balaban J connectivity index is -0.0000000450. The van der Waals surface area contributed by atoms with E-state index in [1.165, 1.54) is 0 Å². The molecule has 3 nitrogen and oxygen atoms in total. The first-order valence-electron chi connectivity index (χ1n) is 0.532. The molecule has 34 valence electrons. The van der Waals surface area contributed by atoms with E-state index in [0.717, 1.165) is 0 Å². The van der Waals surface area contributed by atoms with Gasteiger partial charge in [-0.25, -0.2) is 0 Å². The molecule has 0 unspecified atom stereocenters. The molecular weight excluding hydrogens is 199 g/mol. The van der Waals surface area contributed by atoms with Crippen molar-refractivity contribution in [3.05, 3.63) is 0 Å². The average molecular weight is 201 g/mol. The largest absolute Gasteiger partial charge is 1.00 e. The molecule has 0 saturated heterocycles. The van der Waals surface area contributed by atoms with Crippen LogP contribution >= 0.6 is 0 Å². The summed E-state index contributed by atoms with van der Waals surface area (Å²) in [6.45, 7) is 0. The van der Waals surface area contributed by atoms with Gasteiger partial charge < -0.3 is 17.0 Å². The Hall–Kier alpha value is 2.19. The summed E-state index contributed by atoms with van der Waals surface area (Å²) in [5.41, 5.74) is 0. The molecule has 0 bridgehead atoms. The molecule has 0 saturated carbocycles. The van der Waals surface area contributed by atoms with E-state index < -0.39 is 11.4 Å². The number of hydrogen-bond donors (Lipinski definition) is 2. The fraction of sp³-hybridized carbons (Fsp3) is 0. The fourth-order valence-corrected chi connectivity index (χ4v) is 0. The maximum absolute atomic E-state index is 8.67. The van der Waals surface area contributed by atoms with Crippen LogP contribution in [0.25, 0.3) is 0 Å². The second-order valence-corrected chi connectivity index (χ2v) is 0.692.